The number of nitrogens with one attached hydrogen (secondary N) is 1. The van der Waals surface area contributed by atoms with Crippen LogP contribution in [0.3, 0.4) is 0 Å². The van der Waals surface area contributed by atoms with Gasteiger partial charge in [0.05, 0.1) is 29.3 Å². The van der Waals surface area contributed by atoms with Crippen molar-refractivity contribution in [3.8, 4) is 5.69 Å². The molecule has 0 fully saturated rings. The van der Waals surface area contributed by atoms with Crippen molar-refractivity contribution < 1.29 is 4.39 Å². The number of hydrogen-bond acceptors (Lipinski definition) is 6. The minimum absolute atomic E-state index is 0.183. The fourth-order valence-corrected chi connectivity index (χ4v) is 1.89. The van der Waals surface area contributed by atoms with Crippen molar-refractivity contribution in [3.63, 3.8) is 0 Å². The summed E-state index contributed by atoms with van der Waals surface area (Å²) in [4.78, 5) is 8.19. The summed E-state index contributed by atoms with van der Waals surface area (Å²) in [6, 6.07) is 4.42. The van der Waals surface area contributed by atoms with Gasteiger partial charge in [0.15, 0.2) is 0 Å². The molecule has 2 aromatic heterocycles. The summed E-state index contributed by atoms with van der Waals surface area (Å²) in [5.41, 5.74) is 1.74. The van der Waals surface area contributed by atoms with E-state index in [1.54, 1.807) is 30.7 Å². The average Bonchev–Trinajstić information content (AvgIpc) is 3.04. The van der Waals surface area contributed by atoms with Gasteiger partial charge in [-0.15, -0.1) is 5.10 Å². The largest absolute Gasteiger partial charge is 0.374 e. The van der Waals surface area contributed by atoms with Crippen molar-refractivity contribution in [1.29, 1.82) is 0 Å². The summed E-state index contributed by atoms with van der Waals surface area (Å²) in [6.07, 6.45) is 6.28. The summed E-state index contributed by atoms with van der Waals surface area (Å²) >= 11 is 0. The van der Waals surface area contributed by atoms with E-state index in [2.05, 4.69) is 30.8 Å². The van der Waals surface area contributed by atoms with E-state index in [9.17, 15) is 4.39 Å². The first-order valence-corrected chi connectivity index (χ1v) is 6.29. The first kappa shape index (κ1) is 13.1. The second-order valence-corrected chi connectivity index (χ2v) is 4.41. The molecular formula is C13H12FN7. The van der Waals surface area contributed by atoms with Crippen molar-refractivity contribution in [1.82, 2.24) is 30.2 Å². The summed E-state index contributed by atoms with van der Waals surface area (Å²) in [6.45, 7) is 1.88. The van der Waals surface area contributed by atoms with Crippen LogP contribution >= 0.6 is 0 Å². The fraction of sp³-hybridized carbons (Fsp3) is 0.154. The molecule has 106 valence electrons. The van der Waals surface area contributed by atoms with Gasteiger partial charge in [0.25, 0.3) is 0 Å². The molecule has 3 rings (SSSR count). The molecule has 1 aromatic carbocycles. The lowest BCUT2D eigenvalue weighted by molar-refractivity contribution is 0.625. The van der Waals surface area contributed by atoms with Crippen LogP contribution in [0.25, 0.3) is 5.69 Å². The Labute approximate surface area is 119 Å². The molecule has 8 heteroatoms. The van der Waals surface area contributed by atoms with E-state index in [0.29, 0.717) is 11.4 Å². The fourth-order valence-electron chi connectivity index (χ4n) is 1.89. The third-order valence-corrected chi connectivity index (χ3v) is 2.96. The van der Waals surface area contributed by atoms with E-state index in [4.69, 9.17) is 0 Å². The number of benzene rings is 1. The SMILES string of the molecule is CC(Nc1cc(-n2cnnn2)ccc1F)c1cnccn1. The van der Waals surface area contributed by atoms with E-state index >= 15 is 0 Å². The Bertz CT molecular complexity index is 715. The van der Waals surface area contributed by atoms with Gasteiger partial charge >= 0.3 is 0 Å². The standard InChI is InChI=1S/C13H12FN7/c1-9(13-7-15-4-5-16-13)18-12-6-10(2-3-11(12)14)21-8-17-19-20-21/h2-9,18H,1H3. The zero-order valence-corrected chi connectivity index (χ0v) is 11.2. The van der Waals surface area contributed by atoms with Crippen LogP contribution in [0, 0.1) is 5.82 Å². The maximum Gasteiger partial charge on any atom is 0.146 e. The van der Waals surface area contributed by atoms with Crippen molar-refractivity contribution in [3.05, 3.63) is 54.6 Å². The molecule has 0 aliphatic rings. The van der Waals surface area contributed by atoms with Crippen molar-refractivity contribution in [2.75, 3.05) is 5.32 Å². The first-order valence-electron chi connectivity index (χ1n) is 6.29. The Hall–Kier alpha value is -2.90. The quantitative estimate of drug-likeness (QED) is 0.786. The molecule has 0 radical (unpaired) electrons. The van der Waals surface area contributed by atoms with Crippen LogP contribution in [-0.2, 0) is 0 Å². The molecule has 3 aromatic rings. The lowest BCUT2D eigenvalue weighted by Crippen LogP contribution is -2.10. The molecule has 2 heterocycles. The summed E-state index contributed by atoms with van der Waals surface area (Å²) in [7, 11) is 0. The average molecular weight is 285 g/mol. The van der Waals surface area contributed by atoms with Crippen LogP contribution in [0.2, 0.25) is 0 Å². The molecule has 0 saturated carbocycles. The monoisotopic (exact) mass is 285 g/mol. The maximum absolute atomic E-state index is 13.9. The van der Waals surface area contributed by atoms with Crippen LogP contribution in [-0.4, -0.2) is 30.2 Å². The van der Waals surface area contributed by atoms with Gasteiger partial charge in [-0.3, -0.25) is 9.97 Å². The Morgan fingerprint density at radius 2 is 2.19 bits per heavy atom. The van der Waals surface area contributed by atoms with Crippen molar-refractivity contribution in [2.45, 2.75) is 13.0 Å². The third-order valence-electron chi connectivity index (χ3n) is 2.96. The van der Waals surface area contributed by atoms with Crippen LogP contribution in [0.5, 0.6) is 0 Å². The normalized spacial score (nSPS) is 12.1. The van der Waals surface area contributed by atoms with Gasteiger partial charge in [0.1, 0.15) is 12.1 Å². The zero-order valence-electron chi connectivity index (χ0n) is 11.2. The molecule has 0 spiro atoms. The smallest absolute Gasteiger partial charge is 0.146 e. The molecule has 0 bridgehead atoms. The summed E-state index contributed by atoms with van der Waals surface area (Å²) < 4.78 is 15.4. The molecule has 21 heavy (non-hydrogen) atoms. The Kier molecular flexibility index (Phi) is 3.50. The molecule has 1 N–H and O–H groups in total. The predicted octanol–water partition coefficient (Wildman–Crippen LogP) is 1.76. The van der Waals surface area contributed by atoms with Gasteiger partial charge in [-0.25, -0.2) is 9.07 Å². The van der Waals surface area contributed by atoms with Crippen LogP contribution < -0.4 is 5.32 Å². The Morgan fingerprint density at radius 1 is 1.29 bits per heavy atom. The lowest BCUT2D eigenvalue weighted by atomic mass is 10.2. The van der Waals surface area contributed by atoms with Gasteiger partial charge < -0.3 is 5.32 Å². The van der Waals surface area contributed by atoms with E-state index in [1.807, 2.05) is 6.92 Å². The van der Waals surface area contributed by atoms with E-state index < -0.39 is 0 Å². The first-order chi connectivity index (χ1) is 10.2. The predicted molar refractivity (Wildman–Crippen MR) is 73.2 cm³/mol. The molecule has 0 saturated heterocycles. The van der Waals surface area contributed by atoms with Gasteiger partial charge in [0.2, 0.25) is 0 Å². The van der Waals surface area contributed by atoms with E-state index in [1.165, 1.54) is 17.1 Å². The second-order valence-electron chi connectivity index (χ2n) is 4.41. The topological polar surface area (TPSA) is 81.4 Å². The molecular weight excluding hydrogens is 273 g/mol. The number of tetrazole rings is 1. The van der Waals surface area contributed by atoms with Gasteiger partial charge in [-0.05, 0) is 35.5 Å². The molecule has 0 aliphatic carbocycles. The number of halogens is 1. The van der Waals surface area contributed by atoms with Crippen LogP contribution in [0.1, 0.15) is 18.7 Å². The third kappa shape index (κ3) is 2.83. The van der Waals surface area contributed by atoms with E-state index in [-0.39, 0.29) is 11.9 Å². The van der Waals surface area contributed by atoms with Gasteiger partial charge in [-0.1, -0.05) is 0 Å². The maximum atomic E-state index is 13.9. The van der Waals surface area contributed by atoms with Crippen molar-refractivity contribution in [2.24, 2.45) is 0 Å². The second kappa shape index (κ2) is 5.61. The van der Waals surface area contributed by atoms with Crippen molar-refractivity contribution >= 4 is 5.69 Å². The molecule has 0 amide bonds. The van der Waals surface area contributed by atoms with Crippen LogP contribution in [0.15, 0.2) is 43.1 Å². The Balaban J connectivity index is 1.86. The number of anilines is 1. The molecule has 1 atom stereocenters. The summed E-state index contributed by atoms with van der Waals surface area (Å²) in [5.74, 6) is -0.359. The number of aromatic nitrogens is 6. The number of rotatable bonds is 4. The zero-order chi connectivity index (χ0) is 14.7. The van der Waals surface area contributed by atoms with Crippen LogP contribution in [0.4, 0.5) is 10.1 Å². The molecule has 7 nitrogen and oxygen atoms in total. The highest BCUT2D eigenvalue weighted by atomic mass is 19.1. The molecule has 1 unspecified atom stereocenters. The minimum atomic E-state index is -0.359. The highest BCUT2D eigenvalue weighted by Gasteiger charge is 2.11. The van der Waals surface area contributed by atoms with Gasteiger partial charge in [-0.2, -0.15) is 0 Å². The molecule has 0 aliphatic heterocycles. The Morgan fingerprint density at radius 3 is 2.90 bits per heavy atom. The highest BCUT2D eigenvalue weighted by Crippen LogP contribution is 2.22. The number of hydrogen-bond donors (Lipinski definition) is 1. The highest BCUT2D eigenvalue weighted by molar-refractivity contribution is 5.52. The summed E-state index contributed by atoms with van der Waals surface area (Å²) in [5, 5.41) is 14.0. The van der Waals surface area contributed by atoms with Gasteiger partial charge in [0, 0.05) is 12.4 Å². The van der Waals surface area contributed by atoms with E-state index in [0.717, 1.165) is 5.69 Å². The number of nitrogens with zero attached hydrogens (tertiary/aromatic N) is 6. The lowest BCUT2D eigenvalue weighted by Gasteiger charge is -2.15. The minimum Gasteiger partial charge on any atom is -0.374 e.